The molecule has 0 spiro atoms. The Labute approximate surface area is 90.6 Å². The molecule has 5 N–H and O–H groups in total. The fraction of sp³-hybridized carbons (Fsp3) is 0.800. The molecule has 0 radical (unpaired) electrons. The summed E-state index contributed by atoms with van der Waals surface area (Å²) in [5, 5.41) is 1.08. The first-order chi connectivity index (χ1) is 6.18. The van der Waals surface area contributed by atoms with Crippen LogP contribution in [0.1, 0.15) is 13.8 Å². The van der Waals surface area contributed by atoms with Crippen molar-refractivity contribution in [2.75, 3.05) is 0 Å². The van der Waals surface area contributed by atoms with Gasteiger partial charge in [0.2, 0.25) is 0 Å². The molecule has 1 heterocycles. The highest BCUT2D eigenvalue weighted by Crippen LogP contribution is 2.32. The van der Waals surface area contributed by atoms with Crippen LogP contribution in [0.2, 0.25) is 0 Å². The second-order valence-electron chi connectivity index (χ2n) is 2.40. The van der Waals surface area contributed by atoms with E-state index in [2.05, 4.69) is 18.8 Å². The Morgan fingerprint density at radius 3 is 2.14 bits per heavy atom. The molecule has 0 amide bonds. The van der Waals surface area contributed by atoms with Gasteiger partial charge in [0, 0.05) is 0 Å². The van der Waals surface area contributed by atoms with Crippen molar-refractivity contribution in [1.29, 1.82) is 0 Å². The number of nitrogens with two attached hydrogens (primary N) is 1. The minimum absolute atomic E-state index is 0.348. The quantitative estimate of drug-likeness (QED) is 0.470. The summed E-state index contributed by atoms with van der Waals surface area (Å²) in [5.74, 6) is 0. The third kappa shape index (κ3) is 10.4. The van der Waals surface area contributed by atoms with Crippen molar-refractivity contribution in [3.8, 4) is 0 Å². The van der Waals surface area contributed by atoms with Crippen molar-refractivity contribution in [3.63, 3.8) is 0 Å². The van der Waals surface area contributed by atoms with Gasteiger partial charge >= 0.3 is 7.82 Å². The lowest BCUT2D eigenvalue weighted by Gasteiger charge is -2.18. The van der Waals surface area contributed by atoms with Gasteiger partial charge < -0.3 is 20.4 Å². The summed E-state index contributed by atoms with van der Waals surface area (Å²) in [4.78, 5) is 25.7. The Bertz CT molecular complexity index is 248. The van der Waals surface area contributed by atoms with Crippen molar-refractivity contribution in [1.82, 2.24) is 0 Å². The van der Waals surface area contributed by atoms with Gasteiger partial charge in [0.25, 0.3) is 0 Å². The van der Waals surface area contributed by atoms with Crippen molar-refractivity contribution in [2.24, 2.45) is 10.7 Å². The van der Waals surface area contributed by atoms with Gasteiger partial charge in [-0.15, -0.1) is 11.8 Å². The molecule has 6 nitrogen and oxygen atoms in total. The first kappa shape index (κ1) is 14.3. The molecule has 0 saturated heterocycles. The van der Waals surface area contributed by atoms with Crippen LogP contribution in [0.3, 0.4) is 0 Å². The number of hydrogen-bond donors (Lipinski definition) is 4. The van der Waals surface area contributed by atoms with Crippen LogP contribution in [0.25, 0.3) is 0 Å². The standard InChI is InChI=1S/C5H10N2S2.H3O4P/c1-3-7-5(6)9-4(2)8-3;1-5(2,3)4/h3-4H,1-2H3,(H2,6,7);(H3,1,2,3,4). The van der Waals surface area contributed by atoms with E-state index in [1.165, 1.54) is 0 Å². The number of phosphoric acid groups is 1. The summed E-state index contributed by atoms with van der Waals surface area (Å²) in [6.45, 7) is 4.21. The number of thioether (sulfide) groups is 2. The normalized spacial score (nSPS) is 27.4. The van der Waals surface area contributed by atoms with Crippen LogP contribution in [0.5, 0.6) is 0 Å². The van der Waals surface area contributed by atoms with Crippen molar-refractivity contribution in [3.05, 3.63) is 0 Å². The lowest BCUT2D eigenvalue weighted by molar-refractivity contribution is 0.275. The molecule has 1 aliphatic rings. The van der Waals surface area contributed by atoms with Gasteiger partial charge in [-0.2, -0.15) is 0 Å². The lowest BCUT2D eigenvalue weighted by atomic mass is 10.8. The number of aliphatic imine (C=N–C) groups is 1. The highest BCUT2D eigenvalue weighted by atomic mass is 32.2. The molecular formula is C5H13N2O4PS2. The van der Waals surface area contributed by atoms with E-state index >= 15 is 0 Å². The van der Waals surface area contributed by atoms with Crippen LogP contribution in [0.15, 0.2) is 4.99 Å². The fourth-order valence-corrected chi connectivity index (χ4v) is 3.07. The van der Waals surface area contributed by atoms with E-state index in [1.807, 2.05) is 11.8 Å². The molecule has 0 aromatic heterocycles. The summed E-state index contributed by atoms with van der Waals surface area (Å²) in [5.41, 5.74) is 5.52. The zero-order chi connectivity index (χ0) is 11.4. The van der Waals surface area contributed by atoms with Crippen LogP contribution in [0, 0.1) is 0 Å². The van der Waals surface area contributed by atoms with Crippen LogP contribution in [-0.4, -0.2) is 29.8 Å². The van der Waals surface area contributed by atoms with E-state index in [1.54, 1.807) is 11.8 Å². The Hall–Kier alpha value is 0.280. The molecule has 0 aromatic carbocycles. The fourth-order valence-electron chi connectivity index (χ4n) is 0.715. The smallest absolute Gasteiger partial charge is 0.378 e. The van der Waals surface area contributed by atoms with Crippen LogP contribution in [0.4, 0.5) is 0 Å². The number of hydrogen-bond acceptors (Lipinski definition) is 5. The minimum Gasteiger partial charge on any atom is -0.378 e. The summed E-state index contributed by atoms with van der Waals surface area (Å²) in [7, 11) is -4.64. The molecule has 2 unspecified atom stereocenters. The summed E-state index contributed by atoms with van der Waals surface area (Å²) < 4.78 is 9.45. The van der Waals surface area contributed by atoms with Gasteiger partial charge in [-0.1, -0.05) is 11.8 Å². The molecule has 9 heteroatoms. The van der Waals surface area contributed by atoms with Gasteiger partial charge in [-0.3, -0.25) is 0 Å². The molecule has 14 heavy (non-hydrogen) atoms. The SMILES string of the molecule is CC1N=C(N)SC(C)S1.O=P(O)(O)O. The van der Waals surface area contributed by atoms with Crippen LogP contribution in [-0.2, 0) is 4.57 Å². The van der Waals surface area contributed by atoms with E-state index in [0.717, 1.165) is 5.17 Å². The zero-order valence-electron chi connectivity index (χ0n) is 7.69. The molecule has 1 aliphatic heterocycles. The van der Waals surface area contributed by atoms with Crippen LogP contribution < -0.4 is 5.73 Å². The summed E-state index contributed by atoms with van der Waals surface area (Å²) in [6, 6.07) is 0. The molecule has 0 saturated carbocycles. The minimum atomic E-state index is -4.64. The maximum absolute atomic E-state index is 8.88. The third-order valence-electron chi connectivity index (χ3n) is 0.984. The third-order valence-corrected chi connectivity index (χ3v) is 3.17. The summed E-state index contributed by atoms with van der Waals surface area (Å²) >= 11 is 3.48. The van der Waals surface area contributed by atoms with E-state index in [0.29, 0.717) is 9.96 Å². The molecule has 0 bridgehead atoms. The maximum atomic E-state index is 8.88. The molecule has 1 rings (SSSR count). The van der Waals surface area contributed by atoms with Gasteiger partial charge in [0.1, 0.15) is 0 Å². The number of rotatable bonds is 0. The predicted molar refractivity (Wildman–Crippen MR) is 60.0 cm³/mol. The lowest BCUT2D eigenvalue weighted by Crippen LogP contribution is -2.18. The Kier molecular flexibility index (Phi) is 6.11. The first-order valence-corrected chi connectivity index (χ1v) is 7.01. The largest absolute Gasteiger partial charge is 0.466 e. The van der Waals surface area contributed by atoms with Gasteiger partial charge in [-0.25, -0.2) is 9.56 Å². The highest BCUT2D eigenvalue weighted by Gasteiger charge is 2.15. The Morgan fingerprint density at radius 2 is 1.86 bits per heavy atom. The van der Waals surface area contributed by atoms with Crippen LogP contribution >= 0.6 is 31.3 Å². The average molecular weight is 260 g/mol. The van der Waals surface area contributed by atoms with Gasteiger partial charge in [0.15, 0.2) is 5.17 Å². The zero-order valence-corrected chi connectivity index (χ0v) is 10.2. The molecule has 0 aromatic rings. The molecule has 2 atom stereocenters. The summed E-state index contributed by atoms with van der Waals surface area (Å²) in [6.07, 6.45) is 0. The molecule has 0 fully saturated rings. The van der Waals surface area contributed by atoms with Gasteiger partial charge in [-0.05, 0) is 13.8 Å². The van der Waals surface area contributed by atoms with E-state index in [9.17, 15) is 0 Å². The first-order valence-electron chi connectivity index (χ1n) is 3.62. The van der Waals surface area contributed by atoms with Crippen molar-refractivity contribution in [2.45, 2.75) is 23.8 Å². The second kappa shape index (κ2) is 5.99. The van der Waals surface area contributed by atoms with Crippen molar-refractivity contribution >= 4 is 36.5 Å². The van der Waals surface area contributed by atoms with Gasteiger partial charge in [0.05, 0.1) is 9.96 Å². The number of amidine groups is 1. The maximum Gasteiger partial charge on any atom is 0.466 e. The molecule has 0 aliphatic carbocycles. The average Bonchev–Trinajstić information content (AvgIpc) is 1.77. The molecule has 84 valence electrons. The topological polar surface area (TPSA) is 116 Å². The Morgan fingerprint density at radius 1 is 1.43 bits per heavy atom. The van der Waals surface area contributed by atoms with Crippen molar-refractivity contribution < 1.29 is 19.2 Å². The second-order valence-corrected chi connectivity index (χ2v) is 6.75. The molecular weight excluding hydrogens is 247 g/mol. The van der Waals surface area contributed by atoms with E-state index in [4.69, 9.17) is 25.0 Å². The number of nitrogens with zero attached hydrogens (tertiary/aromatic N) is 1. The highest BCUT2D eigenvalue weighted by molar-refractivity contribution is 8.25. The Balaban J connectivity index is 0.000000292. The monoisotopic (exact) mass is 260 g/mol. The predicted octanol–water partition coefficient (Wildman–Crippen LogP) is 0.544. The van der Waals surface area contributed by atoms with E-state index in [-0.39, 0.29) is 0 Å². The van der Waals surface area contributed by atoms with E-state index < -0.39 is 7.82 Å².